The first-order chi connectivity index (χ1) is 10.1. The summed E-state index contributed by atoms with van der Waals surface area (Å²) in [5.74, 6) is 4.82. The molecule has 0 radical (unpaired) electrons. The van der Waals surface area contributed by atoms with E-state index in [0.717, 1.165) is 42.2 Å². The Morgan fingerprint density at radius 3 is 2.10 bits per heavy atom. The van der Waals surface area contributed by atoms with E-state index in [2.05, 4.69) is 18.9 Å². The van der Waals surface area contributed by atoms with Crippen LogP contribution >= 0.6 is 0 Å². The molecule has 0 amide bonds. The van der Waals surface area contributed by atoms with Gasteiger partial charge in [0.05, 0.1) is 0 Å². The van der Waals surface area contributed by atoms with Crippen molar-refractivity contribution in [2.45, 2.75) is 76.3 Å². The molecule has 0 aliphatic heterocycles. The van der Waals surface area contributed by atoms with Crippen LogP contribution in [0.2, 0.25) is 0 Å². The van der Waals surface area contributed by atoms with Gasteiger partial charge in [-0.15, -0.1) is 0 Å². The van der Waals surface area contributed by atoms with Gasteiger partial charge in [0, 0.05) is 18.1 Å². The van der Waals surface area contributed by atoms with Crippen LogP contribution < -0.4 is 5.73 Å². The first-order valence-corrected chi connectivity index (χ1v) is 9.56. The van der Waals surface area contributed by atoms with Gasteiger partial charge in [0.15, 0.2) is 0 Å². The third-order valence-corrected chi connectivity index (χ3v) is 7.99. The topological polar surface area (TPSA) is 29.3 Å². The van der Waals surface area contributed by atoms with E-state index in [1.165, 1.54) is 57.8 Å². The maximum Gasteiger partial charge on any atom is 0.0388 e. The van der Waals surface area contributed by atoms with Gasteiger partial charge in [-0.3, -0.25) is 4.90 Å². The van der Waals surface area contributed by atoms with Crippen molar-refractivity contribution in [3.05, 3.63) is 0 Å². The Bertz CT molecular complexity index is 363. The monoisotopic (exact) mass is 290 g/mol. The number of likely N-dealkylation sites (N-methyl/N-ethyl adjacent to an activating group) is 1. The van der Waals surface area contributed by atoms with Crippen molar-refractivity contribution in [3.63, 3.8) is 0 Å². The van der Waals surface area contributed by atoms with E-state index in [1.807, 2.05) is 0 Å². The molecule has 2 N–H and O–H groups in total. The summed E-state index contributed by atoms with van der Waals surface area (Å²) in [6, 6.07) is 0.801. The van der Waals surface area contributed by atoms with E-state index >= 15 is 0 Å². The predicted molar refractivity (Wildman–Crippen MR) is 88.0 cm³/mol. The van der Waals surface area contributed by atoms with Gasteiger partial charge in [-0.05, 0) is 81.6 Å². The van der Waals surface area contributed by atoms with E-state index in [1.54, 1.807) is 0 Å². The minimum absolute atomic E-state index is 0.356. The smallest absolute Gasteiger partial charge is 0.0388 e. The lowest BCUT2D eigenvalue weighted by Gasteiger charge is -2.65. The van der Waals surface area contributed by atoms with Crippen LogP contribution in [0.15, 0.2) is 0 Å². The average Bonchev–Trinajstić information content (AvgIpc) is 2.47. The number of rotatable bonds is 3. The molecule has 0 heterocycles. The SMILES string of the molecule is CC1CCCC(N(C)C2(CN)C3CC4CC(C3)CC2C4)C1. The Morgan fingerprint density at radius 2 is 1.57 bits per heavy atom. The predicted octanol–water partition coefficient (Wildman–Crippen LogP) is 3.65. The molecule has 0 aromatic heterocycles. The molecule has 5 saturated carbocycles. The summed E-state index contributed by atoms with van der Waals surface area (Å²) in [7, 11) is 2.44. The summed E-state index contributed by atoms with van der Waals surface area (Å²) in [5.41, 5.74) is 6.85. The Balaban J connectivity index is 1.60. The molecule has 5 fully saturated rings. The van der Waals surface area contributed by atoms with E-state index < -0.39 is 0 Å². The van der Waals surface area contributed by atoms with Gasteiger partial charge in [0.25, 0.3) is 0 Å². The fourth-order valence-electron chi connectivity index (χ4n) is 7.15. The number of nitrogens with two attached hydrogens (primary N) is 1. The van der Waals surface area contributed by atoms with Crippen molar-refractivity contribution >= 4 is 0 Å². The summed E-state index contributed by atoms with van der Waals surface area (Å²) >= 11 is 0. The third kappa shape index (κ3) is 2.12. The van der Waals surface area contributed by atoms with Crippen molar-refractivity contribution in [3.8, 4) is 0 Å². The van der Waals surface area contributed by atoms with E-state index in [0.29, 0.717) is 5.54 Å². The fourth-order valence-corrected chi connectivity index (χ4v) is 7.15. The standard InChI is InChI=1S/C19H34N2/c1-13-4-3-5-18(6-13)21(2)19(12-20)16-8-14-7-15(10-16)11-17(19)9-14/h13-18H,3-12,20H2,1-2H3. The molecule has 0 aromatic rings. The van der Waals surface area contributed by atoms with Crippen LogP contribution in [0.5, 0.6) is 0 Å². The van der Waals surface area contributed by atoms with Gasteiger partial charge in [0.2, 0.25) is 0 Å². The summed E-state index contributed by atoms with van der Waals surface area (Å²) < 4.78 is 0. The van der Waals surface area contributed by atoms with Crippen molar-refractivity contribution < 1.29 is 0 Å². The Hall–Kier alpha value is -0.0800. The second-order valence-electron chi connectivity index (χ2n) is 9.04. The van der Waals surface area contributed by atoms with Crippen LogP contribution in [0.4, 0.5) is 0 Å². The van der Waals surface area contributed by atoms with Crippen LogP contribution in [0.1, 0.15) is 64.7 Å². The molecular weight excluding hydrogens is 256 g/mol. The molecule has 5 aliphatic rings. The lowest BCUT2D eigenvalue weighted by atomic mass is 9.48. The highest BCUT2D eigenvalue weighted by Crippen LogP contribution is 2.60. The van der Waals surface area contributed by atoms with Gasteiger partial charge >= 0.3 is 0 Å². The van der Waals surface area contributed by atoms with Crippen molar-refractivity contribution in [2.75, 3.05) is 13.6 Å². The minimum atomic E-state index is 0.356. The maximum absolute atomic E-state index is 6.49. The van der Waals surface area contributed by atoms with Gasteiger partial charge in [-0.1, -0.05) is 19.8 Å². The number of nitrogens with zero attached hydrogens (tertiary/aromatic N) is 1. The molecule has 0 saturated heterocycles. The van der Waals surface area contributed by atoms with Crippen LogP contribution in [-0.4, -0.2) is 30.1 Å². The number of hydrogen-bond acceptors (Lipinski definition) is 2. The molecule has 4 bridgehead atoms. The first-order valence-electron chi connectivity index (χ1n) is 9.56. The highest BCUT2D eigenvalue weighted by molar-refractivity contribution is 5.13. The molecule has 120 valence electrons. The summed E-state index contributed by atoms with van der Waals surface area (Å²) in [6.45, 7) is 3.36. The van der Waals surface area contributed by atoms with Crippen LogP contribution in [0.25, 0.3) is 0 Å². The Labute approximate surface area is 130 Å². The van der Waals surface area contributed by atoms with Gasteiger partial charge in [-0.25, -0.2) is 0 Å². The van der Waals surface area contributed by atoms with Crippen LogP contribution in [-0.2, 0) is 0 Å². The molecule has 0 spiro atoms. The Morgan fingerprint density at radius 1 is 0.952 bits per heavy atom. The highest BCUT2D eigenvalue weighted by atomic mass is 15.2. The van der Waals surface area contributed by atoms with Gasteiger partial charge in [-0.2, -0.15) is 0 Å². The van der Waals surface area contributed by atoms with Crippen molar-refractivity contribution in [1.82, 2.24) is 4.90 Å². The second kappa shape index (κ2) is 5.23. The van der Waals surface area contributed by atoms with Crippen LogP contribution in [0.3, 0.4) is 0 Å². The molecule has 0 aromatic carbocycles. The highest BCUT2D eigenvalue weighted by Gasteiger charge is 2.59. The fraction of sp³-hybridized carbons (Fsp3) is 1.00. The second-order valence-corrected chi connectivity index (χ2v) is 9.04. The van der Waals surface area contributed by atoms with Gasteiger partial charge < -0.3 is 5.73 Å². The third-order valence-electron chi connectivity index (χ3n) is 7.99. The molecule has 2 heteroatoms. The van der Waals surface area contributed by atoms with Gasteiger partial charge in [0.1, 0.15) is 0 Å². The zero-order chi connectivity index (χ0) is 14.6. The van der Waals surface area contributed by atoms with E-state index in [9.17, 15) is 0 Å². The summed E-state index contributed by atoms with van der Waals surface area (Å²) in [4.78, 5) is 2.83. The normalized spacial score (nSPS) is 52.6. The average molecular weight is 290 g/mol. The summed E-state index contributed by atoms with van der Waals surface area (Å²) in [5, 5.41) is 0. The minimum Gasteiger partial charge on any atom is -0.329 e. The van der Waals surface area contributed by atoms with Crippen molar-refractivity contribution in [1.29, 1.82) is 0 Å². The number of hydrogen-bond donors (Lipinski definition) is 1. The van der Waals surface area contributed by atoms with E-state index in [-0.39, 0.29) is 0 Å². The zero-order valence-electron chi connectivity index (χ0n) is 14.1. The zero-order valence-corrected chi connectivity index (χ0v) is 14.1. The Kier molecular flexibility index (Phi) is 3.61. The molecular formula is C19H34N2. The molecule has 2 nitrogen and oxygen atoms in total. The summed E-state index contributed by atoms with van der Waals surface area (Å²) in [6.07, 6.45) is 13.2. The maximum atomic E-state index is 6.49. The van der Waals surface area contributed by atoms with Crippen LogP contribution in [0, 0.1) is 29.6 Å². The molecule has 5 rings (SSSR count). The molecule has 21 heavy (non-hydrogen) atoms. The molecule has 2 unspecified atom stereocenters. The lowest BCUT2D eigenvalue weighted by molar-refractivity contribution is -0.140. The first kappa shape index (κ1) is 14.5. The largest absolute Gasteiger partial charge is 0.329 e. The molecule has 5 aliphatic carbocycles. The lowest BCUT2D eigenvalue weighted by Crippen LogP contribution is -2.70. The van der Waals surface area contributed by atoms with E-state index in [4.69, 9.17) is 5.73 Å². The van der Waals surface area contributed by atoms with Crippen molar-refractivity contribution in [2.24, 2.45) is 35.3 Å². The quantitative estimate of drug-likeness (QED) is 0.859. The molecule has 2 atom stereocenters.